The van der Waals surface area contributed by atoms with Crippen molar-refractivity contribution in [2.75, 3.05) is 91.6 Å². The van der Waals surface area contributed by atoms with Crippen molar-refractivity contribution < 1.29 is 87.5 Å². The average Bonchev–Trinajstić information content (AvgIpc) is 1.71. The van der Waals surface area contributed by atoms with E-state index < -0.39 is 132 Å². The number of nitrogens with zero attached hydrogens (tertiary/aromatic N) is 6. The molecular formula is C75H122N22O18. The molecule has 2 aliphatic heterocycles. The fraction of sp³-hybridized carbons (Fsp3) is 0.627. The Hall–Kier alpha value is -11.0. The van der Waals surface area contributed by atoms with Crippen molar-refractivity contribution in [2.45, 2.75) is 198 Å². The summed E-state index contributed by atoms with van der Waals surface area (Å²) in [4.78, 5) is 205. The molecule has 27 N–H and O–H groups in total. The van der Waals surface area contributed by atoms with E-state index in [1.165, 1.54) is 53.4 Å². The molecule has 12 amide bonds. The maximum absolute atomic E-state index is 15.1. The van der Waals surface area contributed by atoms with Gasteiger partial charge in [-0.2, -0.15) is 0 Å². The first-order chi connectivity index (χ1) is 54.5. The van der Waals surface area contributed by atoms with Crippen molar-refractivity contribution in [3.63, 3.8) is 0 Å². The van der Waals surface area contributed by atoms with Gasteiger partial charge in [-0.25, -0.2) is 0 Å². The Morgan fingerprint density at radius 1 is 0.478 bits per heavy atom. The number of carboxylic acid groups (broad SMARTS) is 2. The number of aliphatic carboxylic acids is 2. The molecular weight excluding hydrogens is 1500 g/mol. The molecule has 2 fully saturated rings. The van der Waals surface area contributed by atoms with Crippen LogP contribution in [0.5, 0.6) is 11.5 Å². The zero-order valence-corrected chi connectivity index (χ0v) is 66.3. The standard InChI is InChI=1S/C75H122N22O18/c1-5-46(4)64(77)72(114)93-57(41-59(76)100)73(115)97-31-13-17-58(97)71(113)89-51(14-8-10-28-83-60(101)18-7-6-9-27-84-61(102)42-94-32-34-95(43-62(103)104)36-37-96(35-33-94)44-63(105)106)67(109)92-56(40-48-21-25-50(99)26-22-48)70(112)88-53(16-12-30-86-75(81)82)68(110)91-55(38-45(2)3)69(111)87-52(15-11-29-85-74(79)80)66(108)90-54(65(78)107)39-47-19-23-49(98)24-20-47/h19-26,45-46,51-58,64,98-99H,5-18,27-44,77H2,1-4H3,(H2,76,100)(H2,78,107)(H,83,101)(H,84,102)(H,87,111)(H,88,112)(H,89,113)(H,90,108)(H,91,110)(H,92,109)(H,93,114)(H,103,104)(H,105,106)(H4,79,80,85)(H4,81,82,86)/t46-,51-,52-,53-,54-,55-,56-,57-,58-,64-/m0/s1. The van der Waals surface area contributed by atoms with E-state index >= 15 is 9.59 Å². The minimum absolute atomic E-state index is 0.00757. The van der Waals surface area contributed by atoms with Crippen molar-refractivity contribution >= 4 is 94.7 Å². The summed E-state index contributed by atoms with van der Waals surface area (Å²) in [5.74, 6) is -12.6. The maximum atomic E-state index is 15.1. The van der Waals surface area contributed by atoms with Crippen LogP contribution < -0.4 is 88.0 Å². The number of phenols is 2. The van der Waals surface area contributed by atoms with Crippen LogP contribution in [0.25, 0.3) is 0 Å². The number of amides is 12. The monoisotopic (exact) mass is 1620 g/mol. The molecule has 0 radical (unpaired) electrons. The lowest BCUT2D eigenvalue weighted by molar-refractivity contribution is -0.143. The summed E-state index contributed by atoms with van der Waals surface area (Å²) in [6.07, 6.45) is 1.67. The molecule has 4 rings (SSSR count). The molecule has 0 aromatic heterocycles. The van der Waals surface area contributed by atoms with E-state index in [0.29, 0.717) is 82.6 Å². The Kier molecular flexibility index (Phi) is 42.7. The second kappa shape index (κ2) is 51.0. The third-order valence-electron chi connectivity index (χ3n) is 19.5. The van der Waals surface area contributed by atoms with E-state index in [4.69, 9.17) is 40.1 Å². The molecule has 40 nitrogen and oxygen atoms in total. The van der Waals surface area contributed by atoms with Crippen LogP contribution in [0.3, 0.4) is 0 Å². The molecule has 2 heterocycles. The molecule has 10 atom stereocenters. The van der Waals surface area contributed by atoms with Gasteiger partial charge in [-0.1, -0.05) is 64.8 Å². The van der Waals surface area contributed by atoms with Gasteiger partial charge in [0.15, 0.2) is 11.9 Å². The van der Waals surface area contributed by atoms with E-state index in [-0.39, 0.29) is 176 Å². The number of hydrogen-bond acceptors (Lipinski definition) is 22. The Labute approximate surface area is 669 Å². The number of carbonyl (C=O) groups excluding carboxylic acids is 12. The number of primary amides is 2. The van der Waals surface area contributed by atoms with Gasteiger partial charge in [0.2, 0.25) is 70.9 Å². The highest BCUT2D eigenvalue weighted by Crippen LogP contribution is 2.22. The van der Waals surface area contributed by atoms with Crippen molar-refractivity contribution in [1.82, 2.24) is 67.5 Å². The number of rotatable bonds is 51. The second-order valence-corrected chi connectivity index (χ2v) is 29.5. The maximum Gasteiger partial charge on any atom is 0.317 e. The molecule has 40 heteroatoms. The fourth-order valence-corrected chi connectivity index (χ4v) is 12.9. The lowest BCUT2D eigenvalue weighted by atomic mass is 9.98. The second-order valence-electron chi connectivity index (χ2n) is 29.5. The molecule has 0 saturated carbocycles. The highest BCUT2D eigenvalue weighted by Gasteiger charge is 2.41. The van der Waals surface area contributed by atoms with Crippen molar-refractivity contribution in [1.29, 1.82) is 0 Å². The average molecular weight is 1620 g/mol. The first-order valence-corrected chi connectivity index (χ1v) is 39.1. The smallest absolute Gasteiger partial charge is 0.317 e. The van der Waals surface area contributed by atoms with Gasteiger partial charge in [-0.3, -0.25) is 91.8 Å². The number of carboxylic acids is 2. The van der Waals surface area contributed by atoms with Gasteiger partial charge in [0.1, 0.15) is 59.8 Å². The number of aromatic hydroxyl groups is 2. The Morgan fingerprint density at radius 2 is 0.896 bits per heavy atom. The minimum atomic E-state index is -1.59. The summed E-state index contributed by atoms with van der Waals surface area (Å²) >= 11 is 0. The third-order valence-corrected chi connectivity index (χ3v) is 19.5. The number of guanidine groups is 2. The van der Waals surface area contributed by atoms with Crippen LogP contribution in [0, 0.1) is 11.8 Å². The van der Waals surface area contributed by atoms with Gasteiger partial charge in [0.25, 0.3) is 0 Å². The lowest BCUT2D eigenvalue weighted by Gasteiger charge is -2.31. The molecule has 2 saturated heterocycles. The number of aliphatic imine (C=N–C) groups is 2. The van der Waals surface area contributed by atoms with Gasteiger partial charge in [0, 0.05) is 91.3 Å². The minimum Gasteiger partial charge on any atom is -0.508 e. The molecule has 0 bridgehead atoms. The summed E-state index contributed by atoms with van der Waals surface area (Å²) in [5, 5.41) is 63.4. The number of carbonyl (C=O) groups is 14. The SMILES string of the molecule is CC[C@H](C)[C@H](N)C(=O)N[C@@H](CC(N)=O)C(=O)N1CCC[C@H]1C(=O)N[C@@H](CCCCNC(=O)CCCCCNC(=O)CN1CCN(CC(=O)O)CCN(CC(=O)O)CC1)C(=O)N[C@@H](Cc1ccc(O)cc1)C(=O)N[C@@H](CCCN=C(N)N)C(=O)N[C@@H](CC(C)C)C(=O)N[C@@H](CCCN=C(N)N)C(=O)N[C@@H](Cc1ccc(O)cc1)C(N)=O. The normalized spacial score (nSPS) is 16.4. The Bertz CT molecular complexity index is 3570. The van der Waals surface area contributed by atoms with Crippen LogP contribution in [0.1, 0.15) is 142 Å². The van der Waals surface area contributed by atoms with Crippen molar-refractivity contribution in [3.8, 4) is 11.5 Å². The Balaban J connectivity index is 1.60. The van der Waals surface area contributed by atoms with Crippen LogP contribution in [0.15, 0.2) is 58.5 Å². The summed E-state index contributed by atoms with van der Waals surface area (Å²) in [6, 6.07) is -1.06. The zero-order chi connectivity index (χ0) is 85.3. The van der Waals surface area contributed by atoms with Crippen LogP contribution in [0.2, 0.25) is 0 Å². The van der Waals surface area contributed by atoms with Crippen LogP contribution in [-0.2, 0) is 80.0 Å². The van der Waals surface area contributed by atoms with Gasteiger partial charge in [-0.15, -0.1) is 0 Å². The largest absolute Gasteiger partial charge is 0.508 e. The molecule has 0 unspecified atom stereocenters. The summed E-state index contributed by atoms with van der Waals surface area (Å²) in [7, 11) is 0. The molecule has 115 heavy (non-hydrogen) atoms. The van der Waals surface area contributed by atoms with Gasteiger partial charge >= 0.3 is 11.9 Å². The number of hydrogen-bond donors (Lipinski definition) is 20. The lowest BCUT2D eigenvalue weighted by Crippen LogP contribution is -2.60. The first kappa shape index (κ1) is 96.4. The molecule has 640 valence electrons. The van der Waals surface area contributed by atoms with Gasteiger partial charge in [0.05, 0.1) is 32.1 Å². The van der Waals surface area contributed by atoms with E-state index in [0.717, 1.165) is 0 Å². The number of nitrogens with one attached hydrogen (secondary N) is 9. The molecule has 2 aromatic rings. The van der Waals surface area contributed by atoms with E-state index in [2.05, 4.69) is 57.8 Å². The number of phenolic OH excluding ortho intramolecular Hbond substituents is 2. The quantitative estimate of drug-likeness (QED) is 0.0168. The molecule has 0 spiro atoms. The molecule has 2 aromatic carbocycles. The highest BCUT2D eigenvalue weighted by atomic mass is 16.4. The summed E-state index contributed by atoms with van der Waals surface area (Å²) < 4.78 is 0. The fourth-order valence-electron chi connectivity index (χ4n) is 12.9. The number of benzene rings is 2. The van der Waals surface area contributed by atoms with Crippen LogP contribution >= 0.6 is 0 Å². The summed E-state index contributed by atoms with van der Waals surface area (Å²) in [6.45, 7) is 9.22. The molecule has 0 aliphatic carbocycles. The van der Waals surface area contributed by atoms with Crippen molar-refractivity contribution in [2.24, 2.45) is 62.0 Å². The van der Waals surface area contributed by atoms with Gasteiger partial charge < -0.3 is 113 Å². The Morgan fingerprint density at radius 3 is 1.37 bits per heavy atom. The highest BCUT2D eigenvalue weighted by molar-refractivity contribution is 5.99. The van der Waals surface area contributed by atoms with E-state index in [9.17, 15) is 78.0 Å². The van der Waals surface area contributed by atoms with Crippen LogP contribution in [0.4, 0.5) is 0 Å². The first-order valence-electron chi connectivity index (χ1n) is 39.1. The number of unbranched alkanes of at least 4 members (excludes halogenated alkanes) is 3. The predicted octanol–water partition coefficient (Wildman–Crippen LogP) is -4.79. The summed E-state index contributed by atoms with van der Waals surface area (Å²) in [5.41, 5.74) is 40.8. The number of likely N-dealkylation sites (tertiary alicyclic amines) is 1. The third kappa shape index (κ3) is 37.7. The molecule has 2 aliphatic rings. The van der Waals surface area contributed by atoms with E-state index in [1.807, 2.05) is 11.8 Å². The van der Waals surface area contributed by atoms with E-state index in [1.54, 1.807) is 30.6 Å². The van der Waals surface area contributed by atoms with Gasteiger partial charge in [-0.05, 0) is 124 Å². The zero-order valence-electron chi connectivity index (χ0n) is 66.3. The topological polar surface area (TPSA) is 648 Å². The van der Waals surface area contributed by atoms with Crippen molar-refractivity contribution in [3.05, 3.63) is 59.7 Å². The predicted molar refractivity (Wildman–Crippen MR) is 425 cm³/mol. The number of nitrogens with two attached hydrogens (primary N) is 7. The van der Waals surface area contributed by atoms with Crippen LogP contribution in [-0.4, -0.2) is 281 Å².